The molecule has 1 spiro atoms. The zero-order valence-corrected chi connectivity index (χ0v) is 32.8. The highest BCUT2D eigenvalue weighted by Gasteiger charge is 2.78. The third-order valence-corrected chi connectivity index (χ3v) is 11.6. The molecular weight excluding hydrogens is 742 g/mol. The van der Waals surface area contributed by atoms with Gasteiger partial charge in [-0.2, -0.15) is 0 Å². The number of likely N-dealkylation sites (tertiary alicyclic amines) is 1. The number of rotatable bonds is 17. The maximum absolute atomic E-state index is 15.1. The van der Waals surface area contributed by atoms with Gasteiger partial charge in [-0.05, 0) is 55.4 Å². The molecule has 53 heavy (non-hydrogen) atoms. The smallest absolute Gasteiger partial charge is 0.313 e. The van der Waals surface area contributed by atoms with Gasteiger partial charge in [0.25, 0.3) is 5.91 Å². The van der Waals surface area contributed by atoms with Gasteiger partial charge in [0.15, 0.2) is 0 Å². The third-order valence-electron chi connectivity index (χ3n) is 10.8. The van der Waals surface area contributed by atoms with Crippen molar-refractivity contribution in [3.05, 3.63) is 90.5 Å². The fraction of sp³-hybridized carbons (Fsp3) is 0.512. The molecule has 2 aromatic carbocycles. The number of fused-ring (bicyclic) bond motifs is 1. The van der Waals surface area contributed by atoms with Gasteiger partial charge in [0.2, 0.25) is 11.8 Å². The zero-order chi connectivity index (χ0) is 38.6. The van der Waals surface area contributed by atoms with Crippen molar-refractivity contribution in [1.82, 2.24) is 10.2 Å². The molecule has 11 nitrogen and oxygen atoms in total. The second-order valence-electron chi connectivity index (χ2n) is 14.7. The number of hydrogen-bond donors (Lipinski definition) is 2. The molecule has 9 atom stereocenters. The van der Waals surface area contributed by atoms with E-state index in [4.69, 9.17) is 14.2 Å². The van der Waals surface area contributed by atoms with E-state index in [0.717, 1.165) is 11.1 Å². The van der Waals surface area contributed by atoms with Crippen LogP contribution in [0.15, 0.2) is 73.8 Å². The predicted molar refractivity (Wildman–Crippen MR) is 205 cm³/mol. The molecule has 0 radical (unpaired) electrons. The Balaban J connectivity index is 1.58. The minimum atomic E-state index is -1.40. The molecule has 2 bridgehead atoms. The summed E-state index contributed by atoms with van der Waals surface area (Å²) in [5, 5.41) is 13.7. The molecule has 3 saturated heterocycles. The van der Waals surface area contributed by atoms with Crippen molar-refractivity contribution in [3.8, 4) is 0 Å². The number of anilines is 1. The second kappa shape index (κ2) is 17.1. The van der Waals surface area contributed by atoms with Crippen LogP contribution in [0.3, 0.4) is 0 Å². The number of alkyl halides is 1. The third kappa shape index (κ3) is 7.74. The molecule has 0 aliphatic carbocycles. The van der Waals surface area contributed by atoms with E-state index in [2.05, 4.69) is 34.4 Å². The Morgan fingerprint density at radius 1 is 1.15 bits per heavy atom. The predicted octanol–water partition coefficient (Wildman–Crippen LogP) is 4.97. The first-order valence-corrected chi connectivity index (χ1v) is 19.2. The van der Waals surface area contributed by atoms with Crippen LogP contribution in [0.2, 0.25) is 0 Å². The number of carbonyl (C=O) groups excluding carboxylic acids is 4. The van der Waals surface area contributed by atoms with Crippen molar-refractivity contribution in [1.29, 1.82) is 0 Å². The lowest BCUT2D eigenvalue weighted by Gasteiger charge is -2.40. The lowest BCUT2D eigenvalue weighted by Crippen LogP contribution is -2.60. The van der Waals surface area contributed by atoms with Crippen molar-refractivity contribution < 1.29 is 38.5 Å². The van der Waals surface area contributed by atoms with Gasteiger partial charge in [-0.15, -0.1) is 13.2 Å². The van der Waals surface area contributed by atoms with Crippen LogP contribution in [-0.2, 0) is 33.4 Å². The molecule has 3 aliphatic rings. The second-order valence-corrected chi connectivity index (χ2v) is 15.8. The highest BCUT2D eigenvalue weighted by atomic mass is 79.9. The van der Waals surface area contributed by atoms with Crippen LogP contribution in [-0.4, -0.2) is 95.2 Å². The maximum Gasteiger partial charge on any atom is 0.313 e. The lowest BCUT2D eigenvalue weighted by atomic mass is 9.70. The number of methoxy groups -OCH3 is 1. The number of esters is 1. The Morgan fingerprint density at radius 3 is 2.49 bits per heavy atom. The van der Waals surface area contributed by atoms with Crippen LogP contribution in [0.25, 0.3) is 0 Å². The highest BCUT2D eigenvalue weighted by molar-refractivity contribution is 9.09. The monoisotopic (exact) mass is 793 g/mol. The number of nitrogens with one attached hydrogen (secondary N) is 1. The summed E-state index contributed by atoms with van der Waals surface area (Å²) in [6, 6.07) is 12.2. The summed E-state index contributed by atoms with van der Waals surface area (Å²) in [7, 11) is 1.50. The first-order chi connectivity index (χ1) is 25.3. The van der Waals surface area contributed by atoms with Crippen molar-refractivity contribution in [2.75, 3.05) is 31.8 Å². The molecule has 3 heterocycles. The fourth-order valence-electron chi connectivity index (χ4n) is 8.31. The summed E-state index contributed by atoms with van der Waals surface area (Å²) in [4.78, 5) is 60.4. The number of ether oxygens (including phenoxy) is 3. The molecule has 286 valence electrons. The SMILES string of the molecule is C=CCCC(=O)N[C@H](COC)[C@H](OC(=O)[C@@H]1[C@H]2O[C@@]3(CC2Br)[C@H](C(=O)N(CC=C)c2cc(C)ccc2C)N([C@@H](CO)C(C)C)C(=O)[C@@H]13)c1ccccc1. The number of nitrogens with zero attached hydrogens (tertiary/aromatic N) is 2. The van der Waals surface area contributed by atoms with E-state index in [-0.39, 0.29) is 48.6 Å². The first kappa shape index (κ1) is 40.3. The Hall–Kier alpha value is -3.84. The Morgan fingerprint density at radius 2 is 1.87 bits per heavy atom. The van der Waals surface area contributed by atoms with Crippen molar-refractivity contribution in [2.45, 2.75) is 87.7 Å². The van der Waals surface area contributed by atoms with E-state index < -0.39 is 66.3 Å². The van der Waals surface area contributed by atoms with Gasteiger partial charge in [0, 0.05) is 30.6 Å². The Kier molecular flexibility index (Phi) is 13.0. The van der Waals surface area contributed by atoms with Crippen LogP contribution in [0, 0.1) is 31.6 Å². The lowest BCUT2D eigenvalue weighted by molar-refractivity contribution is -0.163. The number of aliphatic hydroxyl groups is 1. The molecule has 3 amide bonds. The van der Waals surface area contributed by atoms with Gasteiger partial charge in [0.05, 0.1) is 43.2 Å². The molecule has 3 aliphatic heterocycles. The van der Waals surface area contributed by atoms with Gasteiger partial charge in [-0.3, -0.25) is 19.2 Å². The number of hydrogen-bond acceptors (Lipinski definition) is 8. The number of halogens is 1. The molecule has 0 aromatic heterocycles. The topological polar surface area (TPSA) is 135 Å². The number of amides is 3. The summed E-state index contributed by atoms with van der Waals surface area (Å²) in [5.74, 6) is -4.16. The van der Waals surface area contributed by atoms with E-state index in [0.29, 0.717) is 17.7 Å². The average Bonchev–Trinajstić information content (AvgIpc) is 3.73. The minimum absolute atomic E-state index is 0.0407. The normalized spacial score (nSPS) is 26.2. The van der Waals surface area contributed by atoms with E-state index >= 15 is 4.79 Å². The van der Waals surface area contributed by atoms with Gasteiger partial charge in [0.1, 0.15) is 17.7 Å². The molecule has 2 aromatic rings. The van der Waals surface area contributed by atoms with Crippen LogP contribution >= 0.6 is 15.9 Å². The van der Waals surface area contributed by atoms with E-state index in [1.807, 2.05) is 64.1 Å². The summed E-state index contributed by atoms with van der Waals surface area (Å²) in [6.45, 7) is 15.1. The molecule has 12 heteroatoms. The highest BCUT2D eigenvalue weighted by Crippen LogP contribution is 2.61. The maximum atomic E-state index is 15.1. The van der Waals surface area contributed by atoms with E-state index in [9.17, 15) is 19.5 Å². The molecule has 0 saturated carbocycles. The van der Waals surface area contributed by atoms with Crippen LogP contribution in [0.5, 0.6) is 0 Å². The average molecular weight is 795 g/mol. The summed E-state index contributed by atoms with van der Waals surface area (Å²) in [6.07, 6.45) is 2.48. The van der Waals surface area contributed by atoms with Crippen LogP contribution < -0.4 is 10.2 Å². The van der Waals surface area contributed by atoms with Crippen LogP contribution in [0.1, 0.15) is 55.9 Å². The van der Waals surface area contributed by atoms with Gasteiger partial charge >= 0.3 is 5.97 Å². The van der Waals surface area contributed by atoms with Gasteiger partial charge in [-0.1, -0.05) is 84.4 Å². The van der Waals surface area contributed by atoms with Crippen molar-refractivity contribution >= 4 is 45.3 Å². The molecular formula is C41H52BrN3O8. The summed E-state index contributed by atoms with van der Waals surface area (Å²) >= 11 is 3.75. The number of aryl methyl sites for hydroxylation is 2. The number of allylic oxidation sites excluding steroid dienone is 1. The molecule has 5 rings (SSSR count). The minimum Gasteiger partial charge on any atom is -0.455 e. The Labute approximate surface area is 320 Å². The van der Waals surface area contributed by atoms with E-state index in [1.54, 1.807) is 29.2 Å². The van der Waals surface area contributed by atoms with Crippen molar-refractivity contribution in [3.63, 3.8) is 0 Å². The van der Waals surface area contributed by atoms with Crippen LogP contribution in [0.4, 0.5) is 5.69 Å². The zero-order valence-electron chi connectivity index (χ0n) is 31.2. The summed E-state index contributed by atoms with van der Waals surface area (Å²) in [5.41, 5.74) is 1.72. The Bertz CT molecular complexity index is 1690. The van der Waals surface area contributed by atoms with Gasteiger partial charge in [-0.25, -0.2) is 0 Å². The van der Waals surface area contributed by atoms with Crippen molar-refractivity contribution in [2.24, 2.45) is 17.8 Å². The molecule has 2 N–H and O–H groups in total. The standard InChI is InChI=1S/C41H52BrN3O8/c1-8-10-16-32(47)43-29(23-51-7)35(27-14-12-11-13-15-27)52-40(50)33-34-38(48)45(31(22-46)24(3)4)37(41(34)21-28(42)36(33)53-41)39(49)44(19-9-2)30-20-25(5)17-18-26(30)6/h8-9,11-15,17-18,20,24,28-29,31,33-37,46H,1-2,10,16,19,21-23H2,3-7H3,(H,43,47)/t28?,29-,31+,33+,34-,35-,36+,37+,41-/m1/s1. The first-order valence-electron chi connectivity index (χ1n) is 18.2. The number of benzene rings is 2. The summed E-state index contributed by atoms with van der Waals surface area (Å²) < 4.78 is 18.6. The number of carbonyl (C=O) groups is 4. The fourth-order valence-corrected chi connectivity index (χ4v) is 9.26. The van der Waals surface area contributed by atoms with E-state index in [1.165, 1.54) is 12.0 Å². The molecule has 3 fully saturated rings. The van der Waals surface area contributed by atoms with Gasteiger partial charge < -0.3 is 34.4 Å². The largest absolute Gasteiger partial charge is 0.455 e. The molecule has 1 unspecified atom stereocenters. The quantitative estimate of drug-likeness (QED) is 0.130. The number of aliphatic hydroxyl groups excluding tert-OH is 1.